The molecule has 22 heavy (non-hydrogen) atoms. The predicted molar refractivity (Wildman–Crippen MR) is 89.0 cm³/mol. The Labute approximate surface area is 139 Å². The third kappa shape index (κ3) is 4.57. The van der Waals surface area contributed by atoms with Gasteiger partial charge in [-0.1, -0.05) is 0 Å². The molecule has 0 saturated heterocycles. The van der Waals surface area contributed by atoms with Gasteiger partial charge in [-0.15, -0.1) is 0 Å². The van der Waals surface area contributed by atoms with E-state index in [1.165, 1.54) is 42.5 Å². The predicted octanol–water partition coefficient (Wildman–Crippen LogP) is 3.80. The highest BCUT2D eigenvalue weighted by molar-refractivity contribution is 14.1. The van der Waals surface area contributed by atoms with Crippen molar-refractivity contribution < 1.29 is 13.9 Å². The quantitative estimate of drug-likeness (QED) is 0.514. The van der Waals surface area contributed by atoms with Gasteiger partial charge in [0.2, 0.25) is 0 Å². The summed E-state index contributed by atoms with van der Waals surface area (Å²) in [5.41, 5.74) is 1.07. The number of benzene rings is 1. The molecule has 2 aromatic rings. The van der Waals surface area contributed by atoms with Crippen LogP contribution in [0.25, 0.3) is 0 Å². The first-order valence-electron chi connectivity index (χ1n) is 6.23. The van der Waals surface area contributed by atoms with Gasteiger partial charge in [0.25, 0.3) is 0 Å². The lowest BCUT2D eigenvalue weighted by atomic mass is 10.1. The van der Waals surface area contributed by atoms with Crippen LogP contribution in [0, 0.1) is 17.0 Å². The summed E-state index contributed by atoms with van der Waals surface area (Å²) in [4.78, 5) is 3.82. The van der Waals surface area contributed by atoms with E-state index in [9.17, 15) is 13.9 Å². The molecule has 1 aromatic heterocycles. The van der Waals surface area contributed by atoms with E-state index in [1.54, 1.807) is 22.6 Å². The molecule has 0 bridgehead atoms. The minimum Gasteiger partial charge on any atom is -0.380 e. The van der Waals surface area contributed by atoms with Crippen molar-refractivity contribution in [2.24, 2.45) is 0 Å². The first kappa shape index (κ1) is 16.5. The molecular weight excluding hydrogens is 403 g/mol. The van der Waals surface area contributed by atoms with Crippen LogP contribution in [-0.2, 0) is 0 Å². The molecule has 0 amide bonds. The van der Waals surface area contributed by atoms with E-state index in [0.29, 0.717) is 5.69 Å². The number of allylic oxidation sites excluding steroid dienone is 1. The van der Waals surface area contributed by atoms with Crippen molar-refractivity contribution in [2.75, 3.05) is 5.32 Å². The highest BCUT2D eigenvalue weighted by Gasteiger charge is 2.16. The number of aromatic nitrogens is 1. The number of aliphatic hydroxyl groups excluding tert-OH is 1. The zero-order valence-corrected chi connectivity index (χ0v) is 13.4. The number of rotatable bonds is 5. The zero-order chi connectivity index (χ0) is 16.1. The molecule has 7 heteroatoms. The molecule has 0 radical (unpaired) electrons. The van der Waals surface area contributed by atoms with Crippen LogP contribution >= 0.6 is 22.6 Å². The fourth-order valence-electron chi connectivity index (χ4n) is 1.73. The van der Waals surface area contributed by atoms with Gasteiger partial charge in [-0.05, 0) is 65.1 Å². The molecule has 1 aromatic carbocycles. The van der Waals surface area contributed by atoms with Gasteiger partial charge in [-0.2, -0.15) is 0 Å². The second-order valence-electron chi connectivity index (χ2n) is 4.38. The molecular formula is C15H12F2IN3O. The Hall–Kier alpha value is -1.87. The molecule has 1 atom stereocenters. The Morgan fingerprint density at radius 1 is 1.18 bits per heavy atom. The van der Waals surface area contributed by atoms with Crippen molar-refractivity contribution in [3.05, 3.63) is 71.7 Å². The van der Waals surface area contributed by atoms with Gasteiger partial charge in [0.1, 0.15) is 17.7 Å². The van der Waals surface area contributed by atoms with Crippen LogP contribution in [-0.4, -0.2) is 13.8 Å². The van der Waals surface area contributed by atoms with E-state index in [1.807, 2.05) is 0 Å². The van der Waals surface area contributed by atoms with Crippen LogP contribution in [0.4, 0.5) is 14.5 Å². The summed E-state index contributed by atoms with van der Waals surface area (Å²) in [5, 5.41) is 20.8. The minimum atomic E-state index is -1.17. The van der Waals surface area contributed by atoms with Gasteiger partial charge < -0.3 is 10.4 Å². The van der Waals surface area contributed by atoms with E-state index < -0.39 is 11.9 Å². The number of nitrogens with zero attached hydrogens (tertiary/aromatic N) is 1. The molecule has 0 aliphatic rings. The van der Waals surface area contributed by atoms with Gasteiger partial charge in [-0.25, -0.2) is 8.78 Å². The number of halogens is 3. The molecule has 0 aliphatic carbocycles. The van der Waals surface area contributed by atoms with E-state index in [4.69, 9.17) is 5.41 Å². The number of aliphatic hydroxyl groups is 1. The van der Waals surface area contributed by atoms with Gasteiger partial charge in [0.05, 0.1) is 21.3 Å². The molecule has 0 saturated carbocycles. The molecule has 114 valence electrons. The maximum atomic E-state index is 12.9. The SMILES string of the molecule is N=C(I)/C=C(\Nc1ccc(F)cc1)C(O)c1ccc(F)cn1. The summed E-state index contributed by atoms with van der Waals surface area (Å²) in [6, 6.07) is 8.11. The molecule has 2 rings (SSSR count). The highest BCUT2D eigenvalue weighted by Crippen LogP contribution is 2.23. The van der Waals surface area contributed by atoms with E-state index in [0.717, 1.165) is 6.20 Å². The van der Waals surface area contributed by atoms with Crippen LogP contribution in [0.15, 0.2) is 54.4 Å². The highest BCUT2D eigenvalue weighted by atomic mass is 127. The second kappa shape index (κ2) is 7.41. The fourth-order valence-corrected chi connectivity index (χ4v) is 2.06. The topological polar surface area (TPSA) is 69.0 Å². The largest absolute Gasteiger partial charge is 0.380 e. The molecule has 0 aliphatic heterocycles. The van der Waals surface area contributed by atoms with Gasteiger partial charge in [-0.3, -0.25) is 10.4 Å². The first-order valence-corrected chi connectivity index (χ1v) is 7.31. The smallest absolute Gasteiger partial charge is 0.141 e. The molecule has 1 heterocycles. The van der Waals surface area contributed by atoms with Crippen molar-refractivity contribution >= 4 is 32.0 Å². The standard InChI is InChI=1S/C15H12F2IN3O/c16-9-1-4-11(5-2-9)21-13(7-14(18)19)15(22)12-6-3-10(17)8-20-12/h1-8,15,19,21-22H/b13-7-,19-14?. The van der Waals surface area contributed by atoms with E-state index in [2.05, 4.69) is 10.3 Å². The van der Waals surface area contributed by atoms with Crippen molar-refractivity contribution in [1.29, 1.82) is 5.41 Å². The lowest BCUT2D eigenvalue weighted by Crippen LogP contribution is -2.12. The lowest BCUT2D eigenvalue weighted by Gasteiger charge is -2.17. The van der Waals surface area contributed by atoms with E-state index in [-0.39, 0.29) is 20.9 Å². The van der Waals surface area contributed by atoms with E-state index >= 15 is 0 Å². The third-order valence-electron chi connectivity index (χ3n) is 2.74. The molecule has 0 fully saturated rings. The normalized spacial score (nSPS) is 12.8. The van der Waals surface area contributed by atoms with Crippen molar-refractivity contribution in [2.45, 2.75) is 6.10 Å². The summed E-state index contributed by atoms with van der Waals surface area (Å²) in [7, 11) is 0. The van der Waals surface area contributed by atoms with Crippen molar-refractivity contribution in [3.8, 4) is 0 Å². The Bertz CT molecular complexity index is 687. The van der Waals surface area contributed by atoms with Crippen molar-refractivity contribution in [1.82, 2.24) is 4.98 Å². The van der Waals surface area contributed by atoms with Crippen LogP contribution in [0.5, 0.6) is 0 Å². The molecule has 3 N–H and O–H groups in total. The Balaban J connectivity index is 2.27. The first-order chi connectivity index (χ1) is 10.5. The summed E-state index contributed by atoms with van der Waals surface area (Å²) in [6.07, 6.45) is 1.25. The monoisotopic (exact) mass is 415 g/mol. The Kier molecular flexibility index (Phi) is 5.56. The summed E-state index contributed by atoms with van der Waals surface area (Å²) in [6.45, 7) is 0. The van der Waals surface area contributed by atoms with Crippen LogP contribution in [0.3, 0.4) is 0 Å². The van der Waals surface area contributed by atoms with Crippen LogP contribution in [0.1, 0.15) is 11.8 Å². The molecule has 1 unspecified atom stereocenters. The number of anilines is 1. The third-order valence-corrected chi connectivity index (χ3v) is 3.05. The van der Waals surface area contributed by atoms with Crippen LogP contribution < -0.4 is 5.32 Å². The number of hydrogen-bond donors (Lipinski definition) is 3. The molecule has 4 nitrogen and oxygen atoms in total. The second-order valence-corrected chi connectivity index (χ2v) is 5.55. The maximum absolute atomic E-state index is 12.9. The minimum absolute atomic E-state index is 0.184. The molecule has 0 spiro atoms. The number of pyridine rings is 1. The fraction of sp³-hybridized carbons (Fsp3) is 0.0667. The number of nitrogens with one attached hydrogen (secondary N) is 2. The van der Waals surface area contributed by atoms with Gasteiger partial charge in [0, 0.05) is 5.69 Å². The van der Waals surface area contributed by atoms with Crippen molar-refractivity contribution in [3.63, 3.8) is 0 Å². The summed E-state index contributed by atoms with van der Waals surface area (Å²) < 4.78 is 26.0. The Morgan fingerprint density at radius 3 is 2.36 bits per heavy atom. The summed E-state index contributed by atoms with van der Waals surface area (Å²) >= 11 is 1.78. The average Bonchev–Trinajstić information content (AvgIpc) is 2.48. The summed E-state index contributed by atoms with van der Waals surface area (Å²) in [5.74, 6) is -0.881. The lowest BCUT2D eigenvalue weighted by molar-refractivity contribution is 0.212. The number of hydrogen-bond acceptors (Lipinski definition) is 4. The van der Waals surface area contributed by atoms with Crippen LogP contribution in [0.2, 0.25) is 0 Å². The average molecular weight is 415 g/mol. The zero-order valence-electron chi connectivity index (χ0n) is 11.2. The van der Waals surface area contributed by atoms with Gasteiger partial charge >= 0.3 is 0 Å². The maximum Gasteiger partial charge on any atom is 0.141 e. The van der Waals surface area contributed by atoms with Gasteiger partial charge in [0.15, 0.2) is 0 Å². The Morgan fingerprint density at radius 2 is 1.82 bits per heavy atom.